The van der Waals surface area contributed by atoms with Gasteiger partial charge in [-0.25, -0.2) is 8.42 Å². The molecule has 0 aromatic heterocycles. The molecule has 9 nitrogen and oxygen atoms in total. The van der Waals surface area contributed by atoms with Gasteiger partial charge in [-0.3, -0.25) is 14.4 Å². The summed E-state index contributed by atoms with van der Waals surface area (Å²) in [5.74, 6) is -2.60. The Balaban J connectivity index is 1.38. The van der Waals surface area contributed by atoms with E-state index in [1.165, 1.54) is 0 Å². The minimum atomic E-state index is -5.08. The highest BCUT2D eigenvalue weighted by molar-refractivity contribution is 7.87. The Morgan fingerprint density at radius 2 is 1.86 bits per heavy atom. The fourth-order valence-electron chi connectivity index (χ4n) is 5.14. The highest BCUT2D eigenvalue weighted by atomic mass is 32.2. The number of ether oxygens (including phenoxy) is 3. The molecule has 4 fully saturated rings. The molecule has 4 rings (SSSR count). The minimum absolute atomic E-state index is 0.0191. The van der Waals surface area contributed by atoms with Crippen LogP contribution in [0.4, 0.5) is 0 Å². The van der Waals surface area contributed by atoms with Crippen molar-refractivity contribution in [3.8, 4) is 0 Å². The Morgan fingerprint density at radius 3 is 2.54 bits per heavy atom. The van der Waals surface area contributed by atoms with Crippen molar-refractivity contribution in [2.75, 3.05) is 0 Å². The molecule has 0 spiro atoms. The van der Waals surface area contributed by atoms with Gasteiger partial charge in [0.25, 0.3) is 0 Å². The standard InChI is InChI=1S/C18H24O9S/c19-14(26-15-9-6-11-12(7-9)17(20)27-16(11)15)8-13(28(22,23)24)18(21)25-10-4-2-1-3-5-10/h9-13,15-16H,1-8H2,(H,22,23,24)/p-1. The van der Waals surface area contributed by atoms with E-state index in [1.54, 1.807) is 0 Å². The number of esters is 3. The second-order valence-corrected chi connectivity index (χ2v) is 9.79. The molecule has 0 aromatic carbocycles. The van der Waals surface area contributed by atoms with Gasteiger partial charge in [0, 0.05) is 11.8 Å². The third-order valence-corrected chi connectivity index (χ3v) is 7.54. The molecular weight excluding hydrogens is 392 g/mol. The number of carbonyl (C=O) groups is 3. The predicted octanol–water partition coefficient (Wildman–Crippen LogP) is 0.659. The fourth-order valence-corrected chi connectivity index (χ4v) is 5.77. The van der Waals surface area contributed by atoms with Gasteiger partial charge < -0.3 is 18.8 Å². The average molecular weight is 415 g/mol. The molecule has 1 heterocycles. The average Bonchev–Trinajstić information content (AvgIpc) is 3.24. The van der Waals surface area contributed by atoms with Gasteiger partial charge in [0.1, 0.15) is 28.4 Å². The zero-order valence-corrected chi connectivity index (χ0v) is 16.1. The van der Waals surface area contributed by atoms with E-state index >= 15 is 0 Å². The van der Waals surface area contributed by atoms with Crippen LogP contribution in [0, 0.1) is 17.8 Å². The third-order valence-electron chi connectivity index (χ3n) is 6.48. The lowest BCUT2D eigenvalue weighted by molar-refractivity contribution is -0.163. The molecule has 3 saturated carbocycles. The van der Waals surface area contributed by atoms with Crippen molar-refractivity contribution >= 4 is 28.0 Å². The summed E-state index contributed by atoms with van der Waals surface area (Å²) >= 11 is 0. The third kappa shape index (κ3) is 3.63. The van der Waals surface area contributed by atoms with Gasteiger partial charge in [-0.1, -0.05) is 6.42 Å². The van der Waals surface area contributed by atoms with Crippen LogP contribution < -0.4 is 0 Å². The van der Waals surface area contributed by atoms with Crippen LogP contribution in [0.5, 0.6) is 0 Å². The Labute approximate surface area is 162 Å². The molecule has 10 heteroatoms. The van der Waals surface area contributed by atoms with Gasteiger partial charge in [-0.15, -0.1) is 0 Å². The van der Waals surface area contributed by atoms with E-state index < -0.39 is 52.0 Å². The first-order valence-corrected chi connectivity index (χ1v) is 11.3. The van der Waals surface area contributed by atoms with Crippen molar-refractivity contribution in [2.24, 2.45) is 17.8 Å². The van der Waals surface area contributed by atoms with Crippen LogP contribution in [0.1, 0.15) is 51.4 Å². The predicted molar refractivity (Wildman–Crippen MR) is 90.5 cm³/mol. The van der Waals surface area contributed by atoms with Gasteiger partial charge in [-0.05, 0) is 38.5 Å². The highest BCUT2D eigenvalue weighted by Gasteiger charge is 2.63. The lowest BCUT2D eigenvalue weighted by atomic mass is 9.88. The summed E-state index contributed by atoms with van der Waals surface area (Å²) in [5, 5.41) is -2.13. The maximum atomic E-state index is 12.3. The van der Waals surface area contributed by atoms with E-state index in [-0.39, 0.29) is 23.7 Å². The summed E-state index contributed by atoms with van der Waals surface area (Å²) < 4.78 is 50.5. The number of rotatable bonds is 6. The van der Waals surface area contributed by atoms with Crippen molar-refractivity contribution in [3.63, 3.8) is 0 Å². The Bertz CT molecular complexity index is 770. The molecule has 1 saturated heterocycles. The van der Waals surface area contributed by atoms with Crippen LogP contribution in [0.25, 0.3) is 0 Å². The van der Waals surface area contributed by atoms with E-state index in [4.69, 9.17) is 14.2 Å². The van der Waals surface area contributed by atoms with Crippen molar-refractivity contribution in [3.05, 3.63) is 0 Å². The lowest BCUT2D eigenvalue weighted by Crippen LogP contribution is -2.40. The van der Waals surface area contributed by atoms with Crippen LogP contribution >= 0.6 is 0 Å². The van der Waals surface area contributed by atoms with Crippen molar-refractivity contribution in [1.29, 1.82) is 0 Å². The van der Waals surface area contributed by atoms with E-state index in [0.29, 0.717) is 25.7 Å². The zero-order chi connectivity index (χ0) is 20.1. The van der Waals surface area contributed by atoms with Crippen LogP contribution in [0.2, 0.25) is 0 Å². The largest absolute Gasteiger partial charge is 0.747 e. The molecule has 3 aliphatic carbocycles. The number of fused-ring (bicyclic) bond motifs is 1. The molecule has 6 atom stereocenters. The highest BCUT2D eigenvalue weighted by Crippen LogP contribution is 2.55. The van der Waals surface area contributed by atoms with E-state index in [2.05, 4.69) is 0 Å². The first-order chi connectivity index (χ1) is 13.2. The van der Waals surface area contributed by atoms with Gasteiger partial charge in [0.05, 0.1) is 12.3 Å². The first-order valence-electron chi connectivity index (χ1n) is 9.79. The second kappa shape index (κ2) is 7.29. The summed E-state index contributed by atoms with van der Waals surface area (Å²) in [7, 11) is -5.08. The van der Waals surface area contributed by atoms with E-state index in [1.807, 2.05) is 0 Å². The van der Waals surface area contributed by atoms with Gasteiger partial charge in [-0.2, -0.15) is 0 Å². The zero-order valence-electron chi connectivity index (χ0n) is 15.3. The van der Waals surface area contributed by atoms with Crippen molar-refractivity contribution < 1.29 is 41.6 Å². The molecule has 0 amide bonds. The Kier molecular flexibility index (Phi) is 5.11. The molecular formula is C18H23O9S-. The molecule has 1 aliphatic heterocycles. The van der Waals surface area contributed by atoms with Crippen LogP contribution in [-0.2, 0) is 38.7 Å². The summed E-state index contributed by atoms with van der Waals surface area (Å²) in [6.07, 6.45) is 2.76. The topological polar surface area (TPSA) is 136 Å². The number of carbonyl (C=O) groups excluding carboxylic acids is 3. The normalized spacial score (nSPS) is 35.5. The Morgan fingerprint density at radius 1 is 1.14 bits per heavy atom. The fraction of sp³-hybridized carbons (Fsp3) is 0.833. The minimum Gasteiger partial charge on any atom is -0.747 e. The summed E-state index contributed by atoms with van der Waals surface area (Å²) in [5.41, 5.74) is 0. The number of hydrogen-bond acceptors (Lipinski definition) is 9. The van der Waals surface area contributed by atoms with Crippen molar-refractivity contribution in [2.45, 2.75) is 74.9 Å². The van der Waals surface area contributed by atoms with E-state index in [0.717, 1.165) is 19.3 Å². The van der Waals surface area contributed by atoms with Crippen LogP contribution in [0.15, 0.2) is 0 Å². The maximum Gasteiger partial charge on any atom is 0.324 e. The summed E-state index contributed by atoms with van der Waals surface area (Å²) in [6.45, 7) is 0. The molecule has 4 aliphatic rings. The molecule has 0 radical (unpaired) electrons. The molecule has 0 N–H and O–H groups in total. The second-order valence-electron chi connectivity index (χ2n) is 8.24. The molecule has 156 valence electrons. The van der Waals surface area contributed by atoms with E-state index in [9.17, 15) is 27.4 Å². The summed E-state index contributed by atoms with van der Waals surface area (Å²) in [6, 6.07) is 0. The molecule has 0 aromatic rings. The van der Waals surface area contributed by atoms with Gasteiger partial charge >= 0.3 is 17.9 Å². The Hall–Kier alpha value is -1.68. The van der Waals surface area contributed by atoms with Gasteiger partial charge in [0.15, 0.2) is 5.25 Å². The maximum absolute atomic E-state index is 12.3. The first kappa shape index (κ1) is 19.6. The van der Waals surface area contributed by atoms with Crippen molar-refractivity contribution in [1.82, 2.24) is 0 Å². The van der Waals surface area contributed by atoms with Gasteiger partial charge in [0.2, 0.25) is 0 Å². The number of hydrogen-bond donors (Lipinski definition) is 0. The van der Waals surface area contributed by atoms with Crippen LogP contribution in [0.3, 0.4) is 0 Å². The summed E-state index contributed by atoms with van der Waals surface area (Å²) in [4.78, 5) is 36.3. The molecule has 2 bridgehead atoms. The molecule has 6 unspecified atom stereocenters. The smallest absolute Gasteiger partial charge is 0.324 e. The lowest BCUT2D eigenvalue weighted by Gasteiger charge is -2.27. The van der Waals surface area contributed by atoms with Crippen LogP contribution in [-0.4, -0.2) is 54.4 Å². The molecule has 28 heavy (non-hydrogen) atoms. The quantitative estimate of drug-likeness (QED) is 0.348. The monoisotopic (exact) mass is 415 g/mol. The SMILES string of the molecule is O=C(CC(C(=O)OC1CCCCC1)S(=O)(=O)[O-])OC1C2CC3C(=O)OC1C3C2.